The van der Waals surface area contributed by atoms with Gasteiger partial charge in [0, 0.05) is 24.6 Å². The van der Waals surface area contributed by atoms with Crippen molar-refractivity contribution in [2.75, 3.05) is 7.05 Å². The van der Waals surface area contributed by atoms with Crippen LogP contribution in [-0.2, 0) is 17.6 Å². The first kappa shape index (κ1) is 21.9. The van der Waals surface area contributed by atoms with Crippen molar-refractivity contribution in [1.29, 1.82) is 0 Å². The summed E-state index contributed by atoms with van der Waals surface area (Å²) < 4.78 is 28.3. The SMILES string of the molecule is CNC(=O)[C@@H](NC(=O)n1nc(-c2ccc(F)c(F)c2)c2c1CCC(O)C2)C(C)(C)C. The molecule has 30 heavy (non-hydrogen) atoms. The molecule has 1 aliphatic carbocycles. The Morgan fingerprint density at radius 1 is 1.27 bits per heavy atom. The van der Waals surface area contributed by atoms with Crippen LogP contribution in [0.25, 0.3) is 11.3 Å². The van der Waals surface area contributed by atoms with E-state index in [1.165, 1.54) is 17.8 Å². The summed E-state index contributed by atoms with van der Waals surface area (Å²) in [7, 11) is 1.49. The zero-order chi connectivity index (χ0) is 22.2. The Balaban J connectivity index is 2.04. The lowest BCUT2D eigenvalue weighted by molar-refractivity contribution is -0.124. The van der Waals surface area contributed by atoms with Crippen molar-refractivity contribution in [2.45, 2.75) is 52.2 Å². The minimum Gasteiger partial charge on any atom is -0.393 e. The topological polar surface area (TPSA) is 96.3 Å². The molecule has 3 N–H and O–H groups in total. The van der Waals surface area contributed by atoms with Gasteiger partial charge in [0.1, 0.15) is 6.04 Å². The van der Waals surface area contributed by atoms with E-state index >= 15 is 0 Å². The van der Waals surface area contributed by atoms with E-state index in [0.717, 1.165) is 12.1 Å². The van der Waals surface area contributed by atoms with E-state index < -0.39 is 35.2 Å². The van der Waals surface area contributed by atoms with Gasteiger partial charge in [0.05, 0.1) is 17.5 Å². The lowest BCUT2D eigenvalue weighted by Crippen LogP contribution is -2.54. The molecule has 0 bridgehead atoms. The number of likely N-dealkylation sites (N-methyl/N-ethyl adjacent to an activating group) is 1. The zero-order valence-corrected chi connectivity index (χ0v) is 17.4. The van der Waals surface area contributed by atoms with Crippen LogP contribution >= 0.6 is 0 Å². The third-order valence-electron chi connectivity index (χ3n) is 5.27. The van der Waals surface area contributed by atoms with E-state index in [1.54, 1.807) is 0 Å². The number of aliphatic hydroxyl groups is 1. The number of aromatic nitrogens is 2. The first-order valence-corrected chi connectivity index (χ1v) is 9.79. The molecule has 0 radical (unpaired) electrons. The summed E-state index contributed by atoms with van der Waals surface area (Å²) in [6.45, 7) is 5.48. The molecule has 1 unspecified atom stereocenters. The molecular weight excluding hydrogens is 394 g/mol. The van der Waals surface area contributed by atoms with Crippen LogP contribution in [0.4, 0.5) is 13.6 Å². The van der Waals surface area contributed by atoms with Gasteiger partial charge in [0.15, 0.2) is 11.6 Å². The van der Waals surface area contributed by atoms with Gasteiger partial charge in [-0.15, -0.1) is 0 Å². The van der Waals surface area contributed by atoms with E-state index in [-0.39, 0.29) is 12.3 Å². The second kappa shape index (κ2) is 8.14. The number of nitrogens with zero attached hydrogens (tertiary/aromatic N) is 2. The maximum absolute atomic E-state index is 13.8. The molecule has 3 rings (SSSR count). The Bertz CT molecular complexity index is 981. The molecule has 0 saturated heterocycles. The number of fused-ring (bicyclic) bond motifs is 1. The van der Waals surface area contributed by atoms with E-state index in [9.17, 15) is 23.5 Å². The van der Waals surface area contributed by atoms with Gasteiger partial charge in [-0.1, -0.05) is 20.8 Å². The van der Waals surface area contributed by atoms with Gasteiger partial charge in [-0.25, -0.2) is 13.6 Å². The average Bonchev–Trinajstić information content (AvgIpc) is 3.05. The normalized spacial score (nSPS) is 17.2. The molecule has 1 aliphatic rings. The minimum absolute atomic E-state index is 0.245. The van der Waals surface area contributed by atoms with Gasteiger partial charge < -0.3 is 15.7 Å². The third-order valence-corrected chi connectivity index (χ3v) is 5.27. The number of amides is 2. The molecule has 162 valence electrons. The predicted octanol–water partition coefficient (Wildman–Crippen LogP) is 2.40. The number of hydrogen-bond donors (Lipinski definition) is 3. The van der Waals surface area contributed by atoms with Crippen molar-refractivity contribution < 1.29 is 23.5 Å². The first-order valence-electron chi connectivity index (χ1n) is 9.79. The number of carbonyl (C=O) groups is 2. The molecule has 0 saturated carbocycles. The molecule has 1 aromatic heterocycles. The highest BCUT2D eigenvalue weighted by molar-refractivity contribution is 5.88. The molecule has 2 amide bonds. The van der Waals surface area contributed by atoms with Crippen LogP contribution in [0.3, 0.4) is 0 Å². The van der Waals surface area contributed by atoms with Gasteiger partial charge in [-0.2, -0.15) is 9.78 Å². The standard InChI is InChI=1S/C21H26F2N4O3/c1-21(2,3)18(19(29)24-4)25-20(30)27-16-8-6-12(28)10-13(16)17(26-27)11-5-7-14(22)15(23)9-11/h5,7,9,12,18,28H,6,8,10H2,1-4H3,(H,24,29)(H,25,30)/t12?,18-/m1/s1. The maximum Gasteiger partial charge on any atom is 0.343 e. The predicted molar refractivity (Wildman–Crippen MR) is 107 cm³/mol. The summed E-state index contributed by atoms with van der Waals surface area (Å²) in [6.07, 6.45) is 0.465. The number of aliphatic hydroxyl groups excluding tert-OH is 1. The van der Waals surface area contributed by atoms with E-state index in [1.807, 2.05) is 20.8 Å². The monoisotopic (exact) mass is 420 g/mol. The Labute approximate surface area is 173 Å². The van der Waals surface area contributed by atoms with Crippen LogP contribution in [0.2, 0.25) is 0 Å². The summed E-state index contributed by atoms with van der Waals surface area (Å²) in [5.74, 6) is -2.35. The second-order valence-corrected chi connectivity index (χ2v) is 8.57. The van der Waals surface area contributed by atoms with Gasteiger partial charge in [0.25, 0.3) is 0 Å². The van der Waals surface area contributed by atoms with Crippen molar-refractivity contribution in [2.24, 2.45) is 5.41 Å². The smallest absolute Gasteiger partial charge is 0.343 e. The molecule has 1 heterocycles. The number of halogens is 2. The van der Waals surface area contributed by atoms with Crippen LogP contribution in [0.15, 0.2) is 18.2 Å². The fourth-order valence-corrected chi connectivity index (χ4v) is 3.65. The average molecular weight is 420 g/mol. The van der Waals surface area contributed by atoms with Crippen LogP contribution < -0.4 is 10.6 Å². The lowest BCUT2D eigenvalue weighted by Gasteiger charge is -2.30. The Morgan fingerprint density at radius 2 is 1.97 bits per heavy atom. The molecule has 2 atom stereocenters. The van der Waals surface area contributed by atoms with E-state index in [4.69, 9.17) is 0 Å². The van der Waals surface area contributed by atoms with Crippen LogP contribution in [0.5, 0.6) is 0 Å². The number of carbonyl (C=O) groups excluding carboxylic acids is 2. The summed E-state index contributed by atoms with van der Waals surface area (Å²) in [5.41, 5.74) is 1.26. The highest BCUT2D eigenvalue weighted by Gasteiger charge is 2.34. The van der Waals surface area contributed by atoms with E-state index in [2.05, 4.69) is 15.7 Å². The second-order valence-electron chi connectivity index (χ2n) is 8.57. The van der Waals surface area contributed by atoms with E-state index in [0.29, 0.717) is 35.4 Å². The molecule has 1 aromatic carbocycles. The highest BCUT2D eigenvalue weighted by Crippen LogP contribution is 2.32. The Hall–Kier alpha value is -2.81. The van der Waals surface area contributed by atoms with Gasteiger partial charge in [0.2, 0.25) is 5.91 Å². The van der Waals surface area contributed by atoms with Crippen molar-refractivity contribution >= 4 is 11.9 Å². The summed E-state index contributed by atoms with van der Waals surface area (Å²) in [5, 5.41) is 19.7. The van der Waals surface area contributed by atoms with Gasteiger partial charge >= 0.3 is 6.03 Å². The molecular formula is C21H26F2N4O3. The zero-order valence-electron chi connectivity index (χ0n) is 17.4. The van der Waals surface area contributed by atoms with Crippen molar-refractivity contribution in [3.05, 3.63) is 41.1 Å². The number of benzene rings is 1. The van der Waals surface area contributed by atoms with Gasteiger partial charge in [-0.05, 0) is 36.5 Å². The quantitative estimate of drug-likeness (QED) is 0.711. The lowest BCUT2D eigenvalue weighted by atomic mass is 9.86. The van der Waals surface area contributed by atoms with Gasteiger partial charge in [-0.3, -0.25) is 4.79 Å². The molecule has 2 aromatic rings. The summed E-state index contributed by atoms with van der Waals surface area (Å²) >= 11 is 0. The number of hydrogen-bond acceptors (Lipinski definition) is 4. The molecule has 0 spiro atoms. The number of nitrogens with one attached hydrogen (secondary N) is 2. The van der Waals surface area contributed by atoms with Crippen molar-refractivity contribution in [3.63, 3.8) is 0 Å². The first-order chi connectivity index (χ1) is 14.0. The third kappa shape index (κ3) is 4.21. The Kier molecular flexibility index (Phi) is 5.94. The largest absolute Gasteiger partial charge is 0.393 e. The summed E-state index contributed by atoms with van der Waals surface area (Å²) in [4.78, 5) is 25.3. The minimum atomic E-state index is -1.02. The molecule has 7 nitrogen and oxygen atoms in total. The Morgan fingerprint density at radius 3 is 2.57 bits per heavy atom. The summed E-state index contributed by atoms with van der Waals surface area (Å²) in [6, 6.07) is 1.99. The highest BCUT2D eigenvalue weighted by atomic mass is 19.2. The molecule has 9 heteroatoms. The molecule has 0 fully saturated rings. The van der Waals surface area contributed by atoms with Crippen molar-refractivity contribution in [1.82, 2.24) is 20.4 Å². The van der Waals surface area contributed by atoms with Crippen LogP contribution in [0, 0.1) is 17.0 Å². The van der Waals surface area contributed by atoms with Crippen LogP contribution in [0.1, 0.15) is 38.4 Å². The maximum atomic E-state index is 13.8. The fraction of sp³-hybridized carbons (Fsp3) is 0.476. The molecule has 0 aliphatic heterocycles. The number of rotatable bonds is 3. The van der Waals surface area contributed by atoms with Crippen molar-refractivity contribution in [3.8, 4) is 11.3 Å². The van der Waals surface area contributed by atoms with Crippen LogP contribution in [-0.4, -0.2) is 46.0 Å². The fourth-order valence-electron chi connectivity index (χ4n) is 3.65.